The van der Waals surface area contributed by atoms with Crippen molar-refractivity contribution in [2.45, 2.75) is 18.9 Å². The molecule has 254 valence electrons. The molecule has 1 saturated heterocycles. The van der Waals surface area contributed by atoms with Crippen LogP contribution in [0.1, 0.15) is 18.0 Å². The van der Waals surface area contributed by atoms with E-state index in [2.05, 4.69) is 102 Å². The van der Waals surface area contributed by atoms with Gasteiger partial charge in [0.1, 0.15) is 15.9 Å². The Morgan fingerprint density at radius 3 is 1.80 bits per heavy atom. The molecule has 50 heavy (non-hydrogen) atoms. The third kappa shape index (κ3) is 6.74. The molecule has 0 spiro atoms. The summed E-state index contributed by atoms with van der Waals surface area (Å²) in [5, 5.41) is 4.22. The summed E-state index contributed by atoms with van der Waals surface area (Å²) in [5.74, 6) is 1.84. The predicted octanol–water partition coefficient (Wildman–Crippen LogP) is 1.64. The number of hydrogen-bond acceptors (Lipinski definition) is 8. The lowest BCUT2D eigenvalue weighted by atomic mass is 9.83. The molecule has 1 fully saturated rings. The van der Waals surface area contributed by atoms with Gasteiger partial charge in [-0.05, 0) is 66.9 Å². The standard InChI is InChI=1S/C38H32ClN3O2P.ClHO4/c39-33-20-11-10-19-32(33)36-40-37(38(44-36)41-24-27-23-28(26-41)34-21-12-22-35(43)42(34)25-27)45(29-13-4-1-5-14-29,30-15-6-2-7-16-30)31-17-8-3-9-18-31;2-1(3,4)5/h1-22,27-28H,23-26H2;(H,2,3,4,5)/q+1;/p-1/t27-,28-;/m0./s1. The molecule has 0 amide bonds. The Bertz CT molecular complexity index is 2040. The number of nitrogens with zero attached hydrogens (tertiary/aromatic N) is 3. The first-order chi connectivity index (χ1) is 24.1. The second-order valence-corrected chi connectivity index (χ2v) is 16.8. The van der Waals surface area contributed by atoms with Crippen LogP contribution in [-0.4, -0.2) is 22.6 Å². The average Bonchev–Trinajstić information content (AvgIpc) is 3.55. The molecule has 0 saturated carbocycles. The molecule has 0 aliphatic carbocycles. The molecule has 12 heteroatoms. The fraction of sp³-hybridized carbons (Fsp3) is 0.158. The summed E-state index contributed by atoms with van der Waals surface area (Å²) in [6, 6.07) is 45.7. The third-order valence-electron chi connectivity index (χ3n) is 9.21. The molecule has 0 unspecified atom stereocenters. The Labute approximate surface area is 296 Å². The lowest BCUT2D eigenvalue weighted by molar-refractivity contribution is -2.00. The second-order valence-electron chi connectivity index (χ2n) is 12.3. The Hall–Kier alpha value is -4.31. The van der Waals surface area contributed by atoms with E-state index in [4.69, 9.17) is 39.6 Å². The number of aromatic nitrogens is 2. The number of halogens is 2. The van der Waals surface area contributed by atoms with Crippen molar-refractivity contribution in [2.24, 2.45) is 5.92 Å². The highest BCUT2D eigenvalue weighted by molar-refractivity contribution is 8.01. The van der Waals surface area contributed by atoms with Crippen molar-refractivity contribution in [3.63, 3.8) is 0 Å². The molecular weight excluding hydrogens is 696 g/mol. The predicted molar refractivity (Wildman–Crippen MR) is 185 cm³/mol. The molecule has 2 aromatic heterocycles. The molecule has 0 radical (unpaired) electrons. The van der Waals surface area contributed by atoms with Crippen LogP contribution >= 0.6 is 18.9 Å². The number of piperidine rings is 1. The zero-order valence-electron chi connectivity index (χ0n) is 26.7. The molecule has 2 atom stereocenters. The molecule has 0 N–H and O–H groups in total. The fourth-order valence-electron chi connectivity index (χ4n) is 7.31. The minimum absolute atomic E-state index is 0.0826. The summed E-state index contributed by atoms with van der Waals surface area (Å²) in [5.41, 5.74) is 2.89. The highest BCUT2D eigenvalue weighted by atomic mass is 35.7. The van der Waals surface area contributed by atoms with Crippen molar-refractivity contribution in [1.82, 2.24) is 9.55 Å². The van der Waals surface area contributed by atoms with Crippen LogP contribution in [0.2, 0.25) is 5.02 Å². The maximum atomic E-state index is 12.8. The molecule has 8 rings (SSSR count). The first kappa shape index (κ1) is 34.2. The minimum Gasteiger partial charge on any atom is -0.416 e. The van der Waals surface area contributed by atoms with Crippen LogP contribution in [-0.2, 0) is 6.54 Å². The van der Waals surface area contributed by atoms with Gasteiger partial charge >= 0.3 is 0 Å². The van der Waals surface area contributed by atoms with Crippen molar-refractivity contribution in [1.29, 1.82) is 0 Å². The van der Waals surface area contributed by atoms with E-state index in [0.717, 1.165) is 42.1 Å². The monoisotopic (exact) mass is 727 g/mol. The summed E-state index contributed by atoms with van der Waals surface area (Å²) < 4.78 is 42.9. The van der Waals surface area contributed by atoms with Crippen LogP contribution in [0.25, 0.3) is 11.5 Å². The van der Waals surface area contributed by atoms with E-state index in [9.17, 15) is 4.79 Å². The van der Waals surface area contributed by atoms with Crippen LogP contribution < -0.4 is 50.4 Å². The third-order valence-corrected chi connectivity index (χ3v) is 13.7. The molecule has 4 heterocycles. The van der Waals surface area contributed by atoms with Crippen LogP contribution in [0.5, 0.6) is 0 Å². The van der Waals surface area contributed by atoms with Gasteiger partial charge in [-0.25, -0.2) is 18.6 Å². The molecule has 2 aliphatic rings. The van der Waals surface area contributed by atoms with Crippen molar-refractivity contribution in [3.05, 3.63) is 155 Å². The normalized spacial score (nSPS) is 17.0. The van der Waals surface area contributed by atoms with E-state index < -0.39 is 17.5 Å². The quantitative estimate of drug-likeness (QED) is 0.236. The topological polar surface area (TPSA) is 144 Å². The Kier molecular flexibility index (Phi) is 9.65. The first-order valence-corrected chi connectivity index (χ1v) is 19.4. The molecule has 2 bridgehead atoms. The van der Waals surface area contributed by atoms with E-state index >= 15 is 0 Å². The Balaban J connectivity index is 0.000000734. The summed E-state index contributed by atoms with van der Waals surface area (Å²) in [4.78, 5) is 20.7. The van der Waals surface area contributed by atoms with E-state index in [0.29, 0.717) is 23.4 Å². The van der Waals surface area contributed by atoms with Gasteiger partial charge in [0, 0.05) is 37.3 Å². The molecular formula is C38H32Cl2N3O6P. The molecule has 2 aliphatic heterocycles. The van der Waals surface area contributed by atoms with Gasteiger partial charge < -0.3 is 13.9 Å². The van der Waals surface area contributed by atoms with Gasteiger partial charge in [-0.3, -0.25) is 4.79 Å². The second kappa shape index (κ2) is 14.1. The number of hydrogen-bond donors (Lipinski definition) is 0. The molecule has 6 aromatic rings. The highest BCUT2D eigenvalue weighted by Gasteiger charge is 2.54. The Morgan fingerprint density at radius 1 is 0.700 bits per heavy atom. The zero-order chi connectivity index (χ0) is 34.9. The number of fused-ring (bicyclic) bond motifs is 4. The van der Waals surface area contributed by atoms with Gasteiger partial charge in [-0.2, -0.15) is 4.98 Å². The SMILES string of the molecule is O=c1cccc2n1C[C@H]1C[C@H]2CN(c2oc(-c3ccccc3Cl)nc2[P+](c2ccccc2)(c2ccccc2)c2ccccc2)C1.[O-][Cl+3]([O-])([O-])[O-]. The van der Waals surface area contributed by atoms with Gasteiger partial charge in [0.15, 0.2) is 7.26 Å². The summed E-state index contributed by atoms with van der Waals surface area (Å²) in [6.07, 6.45) is 1.05. The molecule has 9 nitrogen and oxygen atoms in total. The van der Waals surface area contributed by atoms with Gasteiger partial charge in [0.05, 0.1) is 10.6 Å². The van der Waals surface area contributed by atoms with E-state index in [1.165, 1.54) is 15.9 Å². The van der Waals surface area contributed by atoms with Crippen LogP contribution in [0.15, 0.2) is 143 Å². The number of anilines is 1. The number of oxazole rings is 1. The van der Waals surface area contributed by atoms with Crippen molar-refractivity contribution in [3.8, 4) is 11.5 Å². The van der Waals surface area contributed by atoms with Gasteiger partial charge in [-0.15, -0.1) is 10.2 Å². The van der Waals surface area contributed by atoms with Crippen LogP contribution in [0.3, 0.4) is 0 Å². The lowest BCUT2D eigenvalue weighted by Gasteiger charge is -2.42. The van der Waals surface area contributed by atoms with E-state index in [-0.39, 0.29) is 11.5 Å². The summed E-state index contributed by atoms with van der Waals surface area (Å²) in [7, 11) is -7.52. The average molecular weight is 729 g/mol. The van der Waals surface area contributed by atoms with Crippen molar-refractivity contribution in [2.75, 3.05) is 18.0 Å². The first-order valence-electron chi connectivity index (χ1n) is 16.0. The maximum absolute atomic E-state index is 12.8. The largest absolute Gasteiger partial charge is 0.416 e. The fourth-order valence-corrected chi connectivity index (χ4v) is 11.7. The smallest absolute Gasteiger partial charge is 0.262 e. The summed E-state index contributed by atoms with van der Waals surface area (Å²) in [6.45, 7) is 2.22. The zero-order valence-corrected chi connectivity index (χ0v) is 29.1. The number of rotatable bonds is 6. The lowest BCUT2D eigenvalue weighted by Crippen LogP contribution is -2.68. The summed E-state index contributed by atoms with van der Waals surface area (Å²) >= 11 is 6.78. The van der Waals surface area contributed by atoms with Gasteiger partial charge in [0.2, 0.25) is 5.89 Å². The van der Waals surface area contributed by atoms with E-state index in [1.54, 1.807) is 6.07 Å². The van der Waals surface area contributed by atoms with E-state index in [1.807, 2.05) is 34.9 Å². The van der Waals surface area contributed by atoms with Crippen LogP contribution in [0.4, 0.5) is 5.88 Å². The van der Waals surface area contributed by atoms with Crippen molar-refractivity contribution < 1.29 is 33.3 Å². The highest BCUT2D eigenvalue weighted by Crippen LogP contribution is 2.57. The minimum atomic E-state index is -4.94. The van der Waals surface area contributed by atoms with Crippen LogP contribution in [0, 0.1) is 16.2 Å². The maximum Gasteiger partial charge on any atom is 0.262 e. The molecule has 4 aromatic carbocycles. The van der Waals surface area contributed by atoms with Gasteiger partial charge in [-0.1, -0.05) is 84.4 Å². The van der Waals surface area contributed by atoms with Crippen molar-refractivity contribution >= 4 is 46.1 Å². The number of pyridine rings is 1. The Morgan fingerprint density at radius 2 is 1.24 bits per heavy atom. The van der Waals surface area contributed by atoms with Gasteiger partial charge in [0.25, 0.3) is 16.9 Å². The number of benzene rings is 4.